The Labute approximate surface area is 301 Å². The number of primary amides is 1. The molecular weight excluding hydrogens is 674 g/mol. The maximum absolute atomic E-state index is 14.6. The Morgan fingerprint density at radius 3 is 2.46 bits per heavy atom. The summed E-state index contributed by atoms with van der Waals surface area (Å²) in [5.74, 6) is -4.03. The van der Waals surface area contributed by atoms with Gasteiger partial charge < -0.3 is 36.8 Å². The number of benzene rings is 1. The van der Waals surface area contributed by atoms with Gasteiger partial charge in [0.15, 0.2) is 0 Å². The number of amides is 5. The molecule has 2 fully saturated rings. The number of nitriles is 1. The highest BCUT2D eigenvalue weighted by molar-refractivity contribution is 6.37. The zero-order valence-corrected chi connectivity index (χ0v) is 29.4. The number of rotatable bonds is 16. The third-order valence-corrected chi connectivity index (χ3v) is 9.63. The first-order chi connectivity index (χ1) is 24.7. The van der Waals surface area contributed by atoms with Crippen LogP contribution in [0.25, 0.3) is 0 Å². The molecule has 1 aliphatic heterocycles. The van der Waals surface area contributed by atoms with E-state index in [1.807, 2.05) is 6.07 Å². The van der Waals surface area contributed by atoms with Crippen LogP contribution >= 0.6 is 0 Å². The summed E-state index contributed by atoms with van der Waals surface area (Å²) in [6.07, 6.45) is 5.79. The molecule has 4 rings (SSSR count). The summed E-state index contributed by atoms with van der Waals surface area (Å²) in [6, 6.07) is 3.87. The molecule has 2 aliphatic rings. The molecule has 2 heterocycles. The molecule has 4 atom stereocenters. The highest BCUT2D eigenvalue weighted by Crippen LogP contribution is 2.33. The molecule has 0 radical (unpaired) electrons. The fraction of sp³-hybridized carbons (Fsp3) is 0.571. The quantitative estimate of drug-likeness (QED) is 0.106. The third-order valence-electron chi connectivity index (χ3n) is 9.63. The maximum atomic E-state index is 14.6. The first kappa shape index (κ1) is 39.4. The first-order valence-electron chi connectivity index (χ1n) is 17.5. The molecule has 0 spiro atoms. The van der Waals surface area contributed by atoms with Gasteiger partial charge in [-0.05, 0) is 63.6 Å². The number of hydrogen-bond donors (Lipinski definition) is 6. The molecule has 1 saturated carbocycles. The van der Waals surface area contributed by atoms with E-state index in [0.717, 1.165) is 32.1 Å². The molecular formula is C35H47N9O8. The normalized spacial score (nSPS) is 18.8. The number of nitrogens with two attached hydrogens (primary N) is 1. The van der Waals surface area contributed by atoms with Crippen LogP contribution in [0.3, 0.4) is 0 Å². The Morgan fingerprint density at radius 2 is 1.81 bits per heavy atom. The van der Waals surface area contributed by atoms with E-state index in [0.29, 0.717) is 18.5 Å². The van der Waals surface area contributed by atoms with Crippen LogP contribution in [0.4, 0.5) is 4.79 Å². The van der Waals surface area contributed by atoms with Crippen LogP contribution in [0.5, 0.6) is 0 Å². The summed E-state index contributed by atoms with van der Waals surface area (Å²) in [5.41, 5.74) is 4.74. The molecule has 1 aromatic heterocycles. The second-order valence-corrected chi connectivity index (χ2v) is 14.0. The van der Waals surface area contributed by atoms with Gasteiger partial charge in [-0.15, -0.1) is 5.10 Å². The van der Waals surface area contributed by atoms with Crippen molar-refractivity contribution in [3.63, 3.8) is 0 Å². The number of likely N-dealkylation sites (tertiary alicyclic amines) is 1. The van der Waals surface area contributed by atoms with E-state index < -0.39 is 65.3 Å². The molecule has 52 heavy (non-hydrogen) atoms. The summed E-state index contributed by atoms with van der Waals surface area (Å²) in [4.78, 5) is 79.2. The van der Waals surface area contributed by atoms with Crippen molar-refractivity contribution in [2.75, 3.05) is 13.1 Å². The number of aromatic nitrogens is 3. The number of hydrogen-bond acceptors (Lipinski definition) is 10. The SMILES string of the molecule is CC(C)(O)c1cnnn1[C@H]1C[C@@H](C(=O)NC(CCCCNC(=O)O)C(=O)C(N)=O)N(C(=O)C(CC2CCCCC2)NC(=O)c2cccc(C#N)c2)C1. The van der Waals surface area contributed by atoms with E-state index >= 15 is 0 Å². The van der Waals surface area contributed by atoms with Gasteiger partial charge >= 0.3 is 6.09 Å². The van der Waals surface area contributed by atoms with Gasteiger partial charge in [-0.25, -0.2) is 9.48 Å². The number of Topliss-reactive ketones (excluding diaryl/α,β-unsaturated/α-hetero) is 1. The van der Waals surface area contributed by atoms with Crippen molar-refractivity contribution in [1.29, 1.82) is 5.26 Å². The topological polar surface area (TPSA) is 263 Å². The van der Waals surface area contributed by atoms with Gasteiger partial charge in [-0.3, -0.25) is 24.0 Å². The lowest BCUT2D eigenvalue weighted by atomic mass is 9.84. The molecule has 7 N–H and O–H groups in total. The van der Waals surface area contributed by atoms with Crippen molar-refractivity contribution < 1.29 is 39.0 Å². The molecule has 2 unspecified atom stereocenters. The molecule has 1 aromatic carbocycles. The second-order valence-electron chi connectivity index (χ2n) is 14.0. The van der Waals surface area contributed by atoms with Crippen LogP contribution in [-0.4, -0.2) is 96.8 Å². The predicted molar refractivity (Wildman–Crippen MR) is 184 cm³/mol. The number of unbranched alkanes of at least 4 members (excludes halogenated alkanes) is 1. The largest absolute Gasteiger partial charge is 0.465 e. The van der Waals surface area contributed by atoms with Crippen molar-refractivity contribution in [1.82, 2.24) is 35.8 Å². The van der Waals surface area contributed by atoms with E-state index in [4.69, 9.17) is 10.8 Å². The highest BCUT2D eigenvalue weighted by atomic mass is 16.4. The van der Waals surface area contributed by atoms with Gasteiger partial charge in [0.1, 0.15) is 17.7 Å². The molecule has 2 aromatic rings. The van der Waals surface area contributed by atoms with Crippen LogP contribution in [-0.2, 0) is 24.8 Å². The Balaban J connectivity index is 1.65. The Hall–Kier alpha value is -5.37. The number of nitrogens with zero attached hydrogens (tertiary/aromatic N) is 5. The fourth-order valence-electron chi connectivity index (χ4n) is 6.96. The minimum atomic E-state index is -1.37. The minimum Gasteiger partial charge on any atom is -0.465 e. The van der Waals surface area contributed by atoms with E-state index in [1.165, 1.54) is 27.9 Å². The van der Waals surface area contributed by atoms with Crippen LogP contribution in [0.15, 0.2) is 30.5 Å². The monoisotopic (exact) mass is 721 g/mol. The average molecular weight is 722 g/mol. The lowest BCUT2D eigenvalue weighted by Gasteiger charge is -2.32. The minimum absolute atomic E-state index is 0.00165. The van der Waals surface area contributed by atoms with Crippen LogP contribution in [0.1, 0.15) is 106 Å². The molecule has 17 nitrogen and oxygen atoms in total. The van der Waals surface area contributed by atoms with E-state index in [-0.39, 0.29) is 49.4 Å². The summed E-state index contributed by atoms with van der Waals surface area (Å²) in [5, 5.41) is 44.8. The van der Waals surface area contributed by atoms with Gasteiger partial charge in [-0.1, -0.05) is 43.4 Å². The van der Waals surface area contributed by atoms with Crippen molar-refractivity contribution >= 4 is 35.5 Å². The summed E-state index contributed by atoms with van der Waals surface area (Å²) >= 11 is 0. The summed E-state index contributed by atoms with van der Waals surface area (Å²) < 4.78 is 1.46. The van der Waals surface area contributed by atoms with Gasteiger partial charge in [0, 0.05) is 25.1 Å². The Bertz CT molecular complexity index is 1670. The van der Waals surface area contributed by atoms with Crippen LogP contribution < -0.4 is 21.7 Å². The summed E-state index contributed by atoms with van der Waals surface area (Å²) in [7, 11) is 0. The van der Waals surface area contributed by atoms with Gasteiger partial charge in [0.25, 0.3) is 11.8 Å². The Morgan fingerprint density at radius 1 is 1.08 bits per heavy atom. The van der Waals surface area contributed by atoms with Crippen molar-refractivity contribution in [3.05, 3.63) is 47.3 Å². The number of ketones is 1. The molecule has 5 amide bonds. The number of carbonyl (C=O) groups excluding carboxylic acids is 5. The number of aliphatic hydroxyl groups is 1. The highest BCUT2D eigenvalue weighted by Gasteiger charge is 2.45. The van der Waals surface area contributed by atoms with E-state index in [9.17, 15) is 39.1 Å². The third kappa shape index (κ3) is 10.3. The first-order valence-corrected chi connectivity index (χ1v) is 17.5. The summed E-state index contributed by atoms with van der Waals surface area (Å²) in [6.45, 7) is 3.13. The smallest absolute Gasteiger partial charge is 0.404 e. The van der Waals surface area contributed by atoms with Gasteiger partial charge in [0.05, 0.1) is 35.6 Å². The molecule has 280 valence electrons. The van der Waals surface area contributed by atoms with E-state index in [2.05, 4.69) is 26.3 Å². The molecule has 1 aliphatic carbocycles. The zero-order valence-electron chi connectivity index (χ0n) is 29.4. The zero-order chi connectivity index (χ0) is 38.0. The fourth-order valence-corrected chi connectivity index (χ4v) is 6.96. The van der Waals surface area contributed by atoms with Gasteiger partial charge in [0.2, 0.25) is 17.6 Å². The molecule has 0 bridgehead atoms. The average Bonchev–Trinajstić information content (AvgIpc) is 3.79. The van der Waals surface area contributed by atoms with E-state index in [1.54, 1.807) is 26.0 Å². The standard InChI is InChI=1S/C35H47N9O8/c1-35(2,52)28-19-39-42-44(28)24-17-27(32(48)40-25(29(45)30(37)46)13-6-7-14-38-34(50)51)43(20-24)33(49)26(16-21-9-4-3-5-10-21)41-31(47)23-12-8-11-22(15-23)18-36/h8,11-12,15,19,21,24-27,38,52H,3-7,9-10,13-14,16-17,20H2,1-2H3,(H2,37,46)(H,40,48)(H,41,47)(H,50,51)/t24-,25?,26?,27-/m0/s1. The molecule has 1 saturated heterocycles. The van der Waals surface area contributed by atoms with Gasteiger partial charge in [-0.2, -0.15) is 5.26 Å². The number of carboxylic acid groups (broad SMARTS) is 1. The van der Waals surface area contributed by atoms with Crippen molar-refractivity contribution in [3.8, 4) is 6.07 Å². The maximum Gasteiger partial charge on any atom is 0.404 e. The molecule has 17 heteroatoms. The number of carbonyl (C=O) groups is 6. The Kier molecular flexibility index (Phi) is 13.4. The van der Waals surface area contributed by atoms with Crippen molar-refractivity contribution in [2.45, 2.75) is 108 Å². The van der Waals surface area contributed by atoms with Crippen LogP contribution in [0.2, 0.25) is 0 Å². The number of nitrogens with one attached hydrogen (secondary N) is 3. The van der Waals surface area contributed by atoms with Crippen LogP contribution in [0, 0.1) is 17.2 Å². The van der Waals surface area contributed by atoms with Crippen molar-refractivity contribution in [2.24, 2.45) is 11.7 Å². The second kappa shape index (κ2) is 17.7. The lowest BCUT2D eigenvalue weighted by molar-refractivity contribution is -0.142. The lowest BCUT2D eigenvalue weighted by Crippen LogP contribution is -2.56. The predicted octanol–water partition coefficient (Wildman–Crippen LogP) is 1.27.